The van der Waals surface area contributed by atoms with Gasteiger partial charge in [-0.3, -0.25) is 9.59 Å². The number of ketones is 1. The van der Waals surface area contributed by atoms with Gasteiger partial charge < -0.3 is 19.4 Å². The number of carbonyl (C=O) groups excluding carboxylic acids is 2. The summed E-state index contributed by atoms with van der Waals surface area (Å²) in [5.74, 6) is 1.69. The lowest BCUT2D eigenvalue weighted by molar-refractivity contribution is -0.122. The molecule has 3 aromatic rings. The molecule has 1 saturated carbocycles. The van der Waals surface area contributed by atoms with Crippen molar-refractivity contribution in [2.45, 2.75) is 38.8 Å². The number of benzene rings is 2. The zero-order valence-corrected chi connectivity index (χ0v) is 17.6. The third-order valence-corrected chi connectivity index (χ3v) is 5.97. The van der Waals surface area contributed by atoms with Crippen LogP contribution in [0.5, 0.6) is 11.5 Å². The molecule has 0 radical (unpaired) electrons. The minimum atomic E-state index is -0.181. The van der Waals surface area contributed by atoms with Gasteiger partial charge >= 0.3 is 0 Å². The Morgan fingerprint density at radius 2 is 1.87 bits per heavy atom. The van der Waals surface area contributed by atoms with Gasteiger partial charge in [-0.25, -0.2) is 0 Å². The molecule has 0 bridgehead atoms. The van der Waals surface area contributed by atoms with Gasteiger partial charge in [0.05, 0.1) is 19.3 Å². The number of nitrogens with one attached hydrogen (secondary N) is 1. The van der Waals surface area contributed by atoms with Crippen LogP contribution in [0.3, 0.4) is 0 Å². The van der Waals surface area contributed by atoms with E-state index in [4.69, 9.17) is 9.47 Å². The van der Waals surface area contributed by atoms with E-state index in [9.17, 15) is 9.59 Å². The lowest BCUT2D eigenvalue weighted by atomic mass is 10.1. The summed E-state index contributed by atoms with van der Waals surface area (Å²) in [7, 11) is 0. The number of amides is 1. The Morgan fingerprint density at radius 3 is 2.68 bits per heavy atom. The summed E-state index contributed by atoms with van der Waals surface area (Å²) < 4.78 is 13.3. The van der Waals surface area contributed by atoms with Crippen LogP contribution >= 0.6 is 0 Å². The largest absolute Gasteiger partial charge is 0.490 e. The highest BCUT2D eigenvalue weighted by Gasteiger charge is 2.32. The first-order valence-electron chi connectivity index (χ1n) is 10.9. The molecule has 1 atom stereocenters. The van der Waals surface area contributed by atoms with Crippen LogP contribution in [0.25, 0.3) is 10.9 Å². The Morgan fingerprint density at radius 1 is 1.10 bits per heavy atom. The summed E-state index contributed by atoms with van der Waals surface area (Å²) in [6, 6.07) is 13.4. The molecule has 2 heterocycles. The van der Waals surface area contributed by atoms with Crippen molar-refractivity contribution in [1.29, 1.82) is 0 Å². The van der Waals surface area contributed by atoms with Crippen molar-refractivity contribution < 1.29 is 19.1 Å². The maximum absolute atomic E-state index is 12.8. The van der Waals surface area contributed by atoms with E-state index < -0.39 is 0 Å². The molecule has 5 rings (SSSR count). The van der Waals surface area contributed by atoms with E-state index in [2.05, 4.69) is 5.32 Å². The third kappa shape index (κ3) is 4.02. The molecule has 0 saturated heterocycles. The van der Waals surface area contributed by atoms with Crippen LogP contribution in [-0.4, -0.2) is 29.5 Å². The van der Waals surface area contributed by atoms with E-state index in [-0.39, 0.29) is 30.2 Å². The van der Waals surface area contributed by atoms with Gasteiger partial charge in [0, 0.05) is 35.0 Å². The first-order valence-corrected chi connectivity index (χ1v) is 10.9. The fourth-order valence-corrected chi connectivity index (χ4v) is 4.11. The van der Waals surface area contributed by atoms with Crippen LogP contribution in [0.15, 0.2) is 48.7 Å². The Kier molecular flexibility index (Phi) is 5.14. The molecule has 31 heavy (non-hydrogen) atoms. The number of Topliss-reactive ketones (excluding diaryl/α,β-unsaturated/α-hetero) is 1. The predicted molar refractivity (Wildman–Crippen MR) is 118 cm³/mol. The summed E-state index contributed by atoms with van der Waals surface area (Å²) in [5, 5.41) is 3.98. The number of carbonyl (C=O) groups is 2. The van der Waals surface area contributed by atoms with Crippen LogP contribution in [0, 0.1) is 5.92 Å². The maximum Gasteiger partial charge on any atom is 0.240 e. The molecule has 1 aliphatic heterocycles. The van der Waals surface area contributed by atoms with E-state index in [1.807, 2.05) is 60.2 Å². The summed E-state index contributed by atoms with van der Waals surface area (Å²) in [4.78, 5) is 25.5. The third-order valence-electron chi connectivity index (χ3n) is 5.97. The lowest BCUT2D eigenvalue weighted by Gasteiger charge is -2.17. The Hall–Kier alpha value is -3.28. The second-order valence-electron chi connectivity index (χ2n) is 8.37. The molecule has 1 fully saturated rings. The predicted octanol–water partition coefficient (Wildman–Crippen LogP) is 4.27. The molecule has 1 aromatic heterocycles. The van der Waals surface area contributed by atoms with E-state index in [0.29, 0.717) is 13.2 Å². The van der Waals surface area contributed by atoms with Crippen molar-refractivity contribution in [2.24, 2.45) is 5.92 Å². The molecule has 1 N–H and O–H groups in total. The minimum Gasteiger partial charge on any atom is -0.490 e. The van der Waals surface area contributed by atoms with Crippen LogP contribution in [0.4, 0.5) is 0 Å². The quantitative estimate of drug-likeness (QED) is 0.607. The molecule has 6 nitrogen and oxygen atoms in total. The molecule has 0 spiro atoms. The van der Waals surface area contributed by atoms with Gasteiger partial charge in [-0.15, -0.1) is 0 Å². The van der Waals surface area contributed by atoms with Gasteiger partial charge in [0.25, 0.3) is 0 Å². The van der Waals surface area contributed by atoms with Gasteiger partial charge in [0.1, 0.15) is 6.54 Å². The van der Waals surface area contributed by atoms with Gasteiger partial charge in [-0.1, -0.05) is 24.3 Å². The number of hydrogen-bond donors (Lipinski definition) is 1. The van der Waals surface area contributed by atoms with E-state index in [1.54, 1.807) is 0 Å². The van der Waals surface area contributed by atoms with Crippen LogP contribution in [0.2, 0.25) is 0 Å². The maximum atomic E-state index is 12.8. The van der Waals surface area contributed by atoms with Gasteiger partial charge in [-0.05, 0) is 43.5 Å². The molecule has 2 aliphatic rings. The fraction of sp³-hybridized carbons (Fsp3) is 0.360. The number of para-hydroxylation sites is 1. The highest BCUT2D eigenvalue weighted by Crippen LogP contribution is 2.35. The molecular formula is C25H26N2O4. The fourth-order valence-electron chi connectivity index (χ4n) is 4.11. The van der Waals surface area contributed by atoms with Crippen molar-refractivity contribution in [3.8, 4) is 11.5 Å². The first kappa shape index (κ1) is 19.7. The van der Waals surface area contributed by atoms with Crippen molar-refractivity contribution in [2.75, 3.05) is 13.2 Å². The summed E-state index contributed by atoms with van der Waals surface area (Å²) >= 11 is 0. The summed E-state index contributed by atoms with van der Waals surface area (Å²) in [5.41, 5.74) is 2.59. The number of nitrogens with zero attached hydrogens (tertiary/aromatic N) is 1. The van der Waals surface area contributed by atoms with Gasteiger partial charge in [-0.2, -0.15) is 0 Å². The highest BCUT2D eigenvalue weighted by atomic mass is 16.5. The monoisotopic (exact) mass is 418 g/mol. The molecule has 6 heteroatoms. The Balaban J connectivity index is 1.32. The second kappa shape index (κ2) is 8.10. The van der Waals surface area contributed by atoms with Gasteiger partial charge in [0.2, 0.25) is 5.91 Å². The number of ether oxygens (including phenoxy) is 2. The van der Waals surface area contributed by atoms with Crippen molar-refractivity contribution in [3.05, 3.63) is 59.8 Å². The Labute approximate surface area is 181 Å². The standard InChI is InChI=1S/C25H26N2O4/c1-16(18-9-10-22-23(13-18)31-12-4-11-30-22)26-24(28)15-27-14-20(25(29)17-7-8-17)19-5-2-3-6-21(19)27/h2-3,5-6,9-10,13-14,16-17H,4,7-8,11-12,15H2,1H3,(H,26,28)/t16-/m0/s1. The van der Waals surface area contributed by atoms with E-state index in [0.717, 1.165) is 52.8 Å². The van der Waals surface area contributed by atoms with Crippen molar-refractivity contribution in [1.82, 2.24) is 9.88 Å². The Bertz CT molecular complexity index is 1150. The summed E-state index contributed by atoms with van der Waals surface area (Å²) in [6.45, 7) is 3.38. The zero-order valence-electron chi connectivity index (χ0n) is 17.6. The number of fused-ring (bicyclic) bond motifs is 2. The number of aromatic nitrogens is 1. The van der Waals surface area contributed by atoms with Crippen molar-refractivity contribution >= 4 is 22.6 Å². The average Bonchev–Trinajstić information content (AvgIpc) is 3.59. The van der Waals surface area contributed by atoms with E-state index >= 15 is 0 Å². The lowest BCUT2D eigenvalue weighted by Crippen LogP contribution is -2.30. The molecule has 2 aromatic carbocycles. The molecule has 1 aliphatic carbocycles. The SMILES string of the molecule is C[C@H](NC(=O)Cn1cc(C(=O)C2CC2)c2ccccc21)c1ccc2c(c1)OCCCO2. The smallest absolute Gasteiger partial charge is 0.240 e. The minimum absolute atomic E-state index is 0.106. The molecule has 160 valence electrons. The number of rotatable bonds is 6. The van der Waals surface area contributed by atoms with E-state index in [1.165, 1.54) is 0 Å². The molecule has 1 amide bonds. The highest BCUT2D eigenvalue weighted by molar-refractivity contribution is 6.10. The first-order chi connectivity index (χ1) is 15.1. The average molecular weight is 418 g/mol. The summed E-state index contributed by atoms with van der Waals surface area (Å²) in [6.07, 6.45) is 4.62. The topological polar surface area (TPSA) is 69.6 Å². The van der Waals surface area contributed by atoms with Crippen molar-refractivity contribution in [3.63, 3.8) is 0 Å². The number of hydrogen-bond acceptors (Lipinski definition) is 4. The molecule has 0 unspecified atom stereocenters. The van der Waals surface area contributed by atoms with Gasteiger partial charge in [0.15, 0.2) is 17.3 Å². The molecular weight excluding hydrogens is 392 g/mol. The van der Waals surface area contributed by atoms with Crippen LogP contribution in [-0.2, 0) is 11.3 Å². The second-order valence-corrected chi connectivity index (χ2v) is 8.37. The normalized spacial score (nSPS) is 16.5. The van der Waals surface area contributed by atoms with Crippen LogP contribution in [0.1, 0.15) is 48.1 Å². The van der Waals surface area contributed by atoms with Crippen LogP contribution < -0.4 is 14.8 Å². The zero-order chi connectivity index (χ0) is 21.4.